The summed E-state index contributed by atoms with van der Waals surface area (Å²) in [5.41, 5.74) is 9.63. The second-order valence-electron chi connectivity index (χ2n) is 16.1. The summed E-state index contributed by atoms with van der Waals surface area (Å²) in [5.74, 6) is -5.45. The van der Waals surface area contributed by atoms with Crippen LogP contribution in [0.1, 0.15) is 46.0 Å². The van der Waals surface area contributed by atoms with Gasteiger partial charge < -0.3 is 28.2 Å². The number of rotatable bonds is 11. The number of amides is 4. The average molecular weight is 1130 g/mol. The van der Waals surface area contributed by atoms with Crippen molar-refractivity contribution in [3.63, 3.8) is 0 Å². The molecule has 10 rings (SSSR count). The van der Waals surface area contributed by atoms with Crippen LogP contribution in [-0.2, 0) is 67.9 Å². The molecule has 2 N–H and O–H groups in total. The van der Waals surface area contributed by atoms with Crippen LogP contribution >= 0.6 is 47.0 Å². The summed E-state index contributed by atoms with van der Waals surface area (Å²) in [6.07, 6.45) is -1.52. The molecule has 6 heterocycles. The predicted molar refractivity (Wildman–Crippen MR) is 263 cm³/mol. The fraction of sp³-hybridized carbons (Fsp3) is 0.261. The Morgan fingerprint density at radius 1 is 0.644 bits per heavy atom. The number of hydrogen-bond acceptors (Lipinski definition) is 18. The van der Waals surface area contributed by atoms with E-state index in [1.165, 1.54) is 49.9 Å². The number of imide groups is 2. The van der Waals surface area contributed by atoms with E-state index in [1.807, 2.05) is 43.1 Å². The number of aliphatic carboxylic acids is 1. The maximum Gasteiger partial charge on any atom is 1.00 e. The van der Waals surface area contributed by atoms with E-state index in [0.717, 1.165) is 27.1 Å². The zero-order valence-electron chi connectivity index (χ0n) is 39.2. The molecule has 19 nitrogen and oxygen atoms in total. The number of fused-ring (bicyclic) bond motifs is 10. The number of carbonyl (C=O) groups is 6. The molecule has 4 atom stereocenters. The molecule has 27 heteroatoms. The van der Waals surface area contributed by atoms with Gasteiger partial charge in [-0.05, 0) is 24.3 Å². The van der Waals surface area contributed by atoms with Crippen LogP contribution < -0.4 is 59.1 Å². The molecule has 4 amide bonds. The third kappa shape index (κ3) is 12.3. The SMILES string of the molecule is Cn1c2c(c3ccccc31)C(SCCC(=O)O)Sc1ccccc1-2.Cn1c2c(c3ccccc31)C(SCCC(=O)ON1C(=O)CC(S(=O)(=O)[O-])C1=O)Sc1ccccc1-2.O=C1CC(S(=O)(=O)[O-])C(=O)N1O.[Na+].[Na+]. The third-order valence-corrected chi connectivity index (χ3v) is 19.3. The monoisotopic (exact) mass is 1130 g/mol. The smallest absolute Gasteiger partial charge is 0.747 e. The van der Waals surface area contributed by atoms with Gasteiger partial charge in [-0.25, -0.2) is 21.6 Å². The standard InChI is InChI=1S/C23H20N2O7S3.C19H17NO2S2.C4H5NO6S.2Na/c1-24-15-8-4-2-6-13(15)20-21(24)14-7-3-5-9-16(14)34-23(20)33-11-10-19(27)32-25-18(26)12-17(22(25)28)35(29,30)31;1-20-14-8-4-2-6-12(14)17-18(20)13-7-3-5-9-15(13)24-19(17)23-11-10-16(21)22;6-3-1-2(12(9,10)11)4(7)5(3)8;;/h2-9,17,23H,10-12H2,1H3,(H,29,30,31);2-9,19H,10-11H2,1H3,(H,21,22);2,8H,1H2,(H,9,10,11);;/q;;;2*+1/p-2. The van der Waals surface area contributed by atoms with E-state index in [1.54, 1.807) is 23.5 Å². The van der Waals surface area contributed by atoms with E-state index in [9.17, 15) is 54.7 Å². The Morgan fingerprint density at radius 2 is 1.05 bits per heavy atom. The summed E-state index contributed by atoms with van der Waals surface area (Å²) >= 11 is 6.80. The molecule has 0 radical (unpaired) electrons. The van der Waals surface area contributed by atoms with Crippen LogP contribution in [0, 0.1) is 0 Å². The molecule has 0 spiro atoms. The summed E-state index contributed by atoms with van der Waals surface area (Å²) in [6, 6.07) is 33.2. The minimum atomic E-state index is -5.02. The Labute approximate surface area is 479 Å². The first-order valence-electron chi connectivity index (χ1n) is 21.3. The Balaban J connectivity index is 0.000000198. The summed E-state index contributed by atoms with van der Waals surface area (Å²) in [5, 5.41) is 15.6. The molecule has 0 bridgehead atoms. The predicted octanol–water partition coefficient (Wildman–Crippen LogP) is 0.418. The van der Waals surface area contributed by atoms with Crippen molar-refractivity contribution >= 4 is 125 Å². The first-order chi connectivity index (χ1) is 33.7. The maximum atomic E-state index is 12.3. The quantitative estimate of drug-likeness (QED) is 0.0769. The third-order valence-electron chi connectivity index (χ3n) is 11.7. The molecule has 73 heavy (non-hydrogen) atoms. The van der Waals surface area contributed by atoms with Crippen molar-refractivity contribution < 1.29 is 129 Å². The number of carboxylic acids is 1. The van der Waals surface area contributed by atoms with Crippen LogP contribution in [0.5, 0.6) is 0 Å². The first-order valence-corrected chi connectivity index (χ1v) is 28.1. The number of hydroxylamine groups is 4. The molecule has 4 aromatic carbocycles. The van der Waals surface area contributed by atoms with Gasteiger partial charge in [-0.3, -0.25) is 29.2 Å². The van der Waals surface area contributed by atoms with Crippen molar-refractivity contribution in [3.05, 3.63) is 108 Å². The van der Waals surface area contributed by atoms with E-state index in [2.05, 4.69) is 89.0 Å². The number of hydrogen-bond donors (Lipinski definition) is 2. The number of aryl methyl sites for hydroxylation is 2. The van der Waals surface area contributed by atoms with Gasteiger partial charge in [-0.15, -0.1) is 52.1 Å². The van der Waals surface area contributed by atoms with Gasteiger partial charge in [0.2, 0.25) is 0 Å². The Hall–Kier alpha value is -3.64. The number of carboxylic acid groups (broad SMARTS) is 1. The van der Waals surface area contributed by atoms with Gasteiger partial charge in [0, 0.05) is 79.5 Å². The van der Waals surface area contributed by atoms with E-state index in [0.29, 0.717) is 11.5 Å². The summed E-state index contributed by atoms with van der Waals surface area (Å²) in [6.45, 7) is 0. The molecule has 0 aliphatic carbocycles. The topological polar surface area (TPSA) is 283 Å². The van der Waals surface area contributed by atoms with Gasteiger partial charge in [0.25, 0.3) is 23.6 Å². The maximum absolute atomic E-state index is 12.3. The van der Waals surface area contributed by atoms with Crippen molar-refractivity contribution in [1.82, 2.24) is 19.3 Å². The number of aromatic nitrogens is 2. The fourth-order valence-corrected chi connectivity index (χ4v) is 15.5. The summed E-state index contributed by atoms with van der Waals surface area (Å²) in [7, 11) is -5.70. The van der Waals surface area contributed by atoms with E-state index in [-0.39, 0.29) is 91.2 Å². The number of thioether (sulfide) groups is 4. The van der Waals surface area contributed by atoms with Crippen molar-refractivity contribution in [2.75, 3.05) is 11.5 Å². The van der Waals surface area contributed by atoms with E-state index in [4.69, 9.17) is 15.2 Å². The zero-order valence-corrected chi connectivity index (χ0v) is 48.1. The zero-order chi connectivity index (χ0) is 51.1. The molecular weight excluding hydrogens is 1090 g/mol. The largest absolute Gasteiger partial charge is 1.00 e. The second kappa shape index (κ2) is 24.1. The van der Waals surface area contributed by atoms with Crippen LogP contribution in [0.15, 0.2) is 107 Å². The van der Waals surface area contributed by atoms with Gasteiger partial charge in [-0.1, -0.05) is 72.8 Å². The molecule has 0 saturated carbocycles. The minimum absolute atomic E-state index is 0. The number of para-hydroxylation sites is 2. The number of benzene rings is 4. The first kappa shape index (κ1) is 58.6. The van der Waals surface area contributed by atoms with Gasteiger partial charge in [-0.2, -0.15) is 5.06 Å². The second-order valence-corrected chi connectivity index (χ2v) is 24.5. The molecule has 2 fully saturated rings. The van der Waals surface area contributed by atoms with Crippen molar-refractivity contribution in [3.8, 4) is 22.5 Å². The van der Waals surface area contributed by atoms with Crippen LogP contribution in [-0.4, -0.2) is 113 Å². The van der Waals surface area contributed by atoms with Crippen LogP contribution in [0.3, 0.4) is 0 Å². The van der Waals surface area contributed by atoms with Crippen LogP contribution in [0.25, 0.3) is 44.3 Å². The number of carbonyl (C=O) groups excluding carboxylic acids is 5. The Kier molecular flexibility index (Phi) is 19.4. The average Bonchev–Trinajstić information content (AvgIpc) is 4.00. The fourth-order valence-electron chi connectivity index (χ4n) is 8.46. The molecule has 372 valence electrons. The minimum Gasteiger partial charge on any atom is -0.747 e. The van der Waals surface area contributed by atoms with Crippen LogP contribution in [0.2, 0.25) is 0 Å². The molecule has 6 aromatic rings. The van der Waals surface area contributed by atoms with Gasteiger partial charge in [0.1, 0.15) is 30.7 Å². The van der Waals surface area contributed by atoms with E-state index >= 15 is 0 Å². The molecule has 4 aliphatic heterocycles. The molecular formula is C46H40N4Na2O15S6. The summed E-state index contributed by atoms with van der Waals surface area (Å²) < 4.78 is 68.9. The summed E-state index contributed by atoms with van der Waals surface area (Å²) in [4.78, 5) is 75.5. The van der Waals surface area contributed by atoms with Crippen LogP contribution in [0.4, 0.5) is 0 Å². The van der Waals surface area contributed by atoms with Gasteiger partial charge in [0.05, 0.1) is 46.2 Å². The Bertz CT molecular complexity index is 3410. The molecule has 2 saturated heterocycles. The Morgan fingerprint density at radius 3 is 1.47 bits per heavy atom. The van der Waals surface area contributed by atoms with Gasteiger partial charge >= 0.3 is 71.1 Å². The molecule has 2 aromatic heterocycles. The molecule has 4 aliphatic rings. The van der Waals surface area contributed by atoms with Crippen molar-refractivity contribution in [1.29, 1.82) is 0 Å². The van der Waals surface area contributed by atoms with Crippen molar-refractivity contribution in [2.45, 2.75) is 55.1 Å². The molecule has 4 unspecified atom stereocenters. The van der Waals surface area contributed by atoms with E-state index < -0.39 is 79.1 Å². The normalized spacial score (nSPS) is 18.8. The van der Waals surface area contributed by atoms with Gasteiger partial charge in [0.15, 0.2) is 0 Å². The number of nitrogens with zero attached hydrogens (tertiary/aromatic N) is 4. The van der Waals surface area contributed by atoms with Crippen molar-refractivity contribution in [2.24, 2.45) is 14.1 Å².